The van der Waals surface area contributed by atoms with Gasteiger partial charge in [0.05, 0.1) is 19.3 Å². The van der Waals surface area contributed by atoms with E-state index in [1.54, 1.807) is 0 Å². The lowest BCUT2D eigenvalue weighted by Gasteiger charge is -2.23. The molecule has 0 rings (SSSR count). The highest BCUT2D eigenvalue weighted by atomic mass is 16.3. The highest BCUT2D eigenvalue weighted by molar-refractivity contribution is 4.64. The summed E-state index contributed by atoms with van der Waals surface area (Å²) in [5.74, 6) is 0. The van der Waals surface area contributed by atoms with Crippen LogP contribution in [0.3, 0.4) is 0 Å². The van der Waals surface area contributed by atoms with Crippen molar-refractivity contribution in [3.63, 3.8) is 0 Å². The average molecular weight is 219 g/mol. The first-order valence-corrected chi connectivity index (χ1v) is 5.86. The Hall–Kier alpha value is -0.160. The van der Waals surface area contributed by atoms with Gasteiger partial charge in [-0.15, -0.1) is 0 Å². The molecule has 0 spiro atoms. The summed E-state index contributed by atoms with van der Waals surface area (Å²) in [5, 5.41) is 27.3. The molecule has 3 N–H and O–H groups in total. The molecule has 0 saturated carbocycles. The van der Waals surface area contributed by atoms with E-state index < -0.39 is 0 Å². The number of hydrogen-bond donors (Lipinski definition) is 3. The smallest absolute Gasteiger partial charge is 0.0667 e. The van der Waals surface area contributed by atoms with Crippen LogP contribution in [0.4, 0.5) is 0 Å². The van der Waals surface area contributed by atoms with Crippen LogP contribution < -0.4 is 0 Å². The first kappa shape index (κ1) is 14.8. The van der Waals surface area contributed by atoms with Gasteiger partial charge < -0.3 is 15.3 Å². The Morgan fingerprint density at radius 1 is 1.07 bits per heavy atom. The molecular weight excluding hydrogens is 194 g/mol. The monoisotopic (exact) mass is 219 g/mol. The van der Waals surface area contributed by atoms with Crippen molar-refractivity contribution in [1.82, 2.24) is 4.90 Å². The van der Waals surface area contributed by atoms with Crippen molar-refractivity contribution in [3.05, 3.63) is 0 Å². The normalized spacial score (nSPS) is 13.4. The summed E-state index contributed by atoms with van der Waals surface area (Å²) >= 11 is 0. The van der Waals surface area contributed by atoms with Crippen LogP contribution >= 0.6 is 0 Å². The number of hydrogen-bond acceptors (Lipinski definition) is 4. The average Bonchev–Trinajstić information content (AvgIpc) is 2.19. The van der Waals surface area contributed by atoms with E-state index in [0.717, 1.165) is 25.7 Å². The predicted molar refractivity (Wildman–Crippen MR) is 60.8 cm³/mol. The number of aliphatic hydroxyl groups is 3. The summed E-state index contributed by atoms with van der Waals surface area (Å²) in [6, 6.07) is 0. The number of aliphatic hydroxyl groups excluding tert-OH is 3. The number of rotatable bonds is 10. The van der Waals surface area contributed by atoms with E-state index in [1.165, 1.54) is 0 Å². The standard InChI is InChI=1S/C11H25NO3/c1-2-3-4-5-11(15)10-12(6-8-13)7-9-14/h11,13-15H,2-10H2,1H3. The molecule has 0 bridgehead atoms. The Morgan fingerprint density at radius 3 is 2.13 bits per heavy atom. The predicted octanol–water partition coefficient (Wildman–Crippen LogP) is 0.214. The largest absolute Gasteiger partial charge is 0.395 e. The highest BCUT2D eigenvalue weighted by Gasteiger charge is 2.10. The first-order chi connectivity index (χ1) is 7.24. The summed E-state index contributed by atoms with van der Waals surface area (Å²) in [6.07, 6.45) is 3.82. The Bertz CT molecular complexity index is 127. The molecule has 0 aromatic carbocycles. The topological polar surface area (TPSA) is 63.9 Å². The number of nitrogens with zero attached hydrogens (tertiary/aromatic N) is 1. The fraction of sp³-hybridized carbons (Fsp3) is 1.00. The molecule has 1 unspecified atom stereocenters. The summed E-state index contributed by atoms with van der Waals surface area (Å²) in [4.78, 5) is 1.89. The molecule has 0 fully saturated rings. The van der Waals surface area contributed by atoms with Gasteiger partial charge in [0.15, 0.2) is 0 Å². The van der Waals surface area contributed by atoms with E-state index in [-0.39, 0.29) is 19.3 Å². The van der Waals surface area contributed by atoms with Crippen LogP contribution in [0.5, 0.6) is 0 Å². The van der Waals surface area contributed by atoms with Crippen molar-refractivity contribution in [2.45, 2.75) is 38.7 Å². The van der Waals surface area contributed by atoms with Gasteiger partial charge in [-0.1, -0.05) is 26.2 Å². The van der Waals surface area contributed by atoms with E-state index in [9.17, 15) is 5.11 Å². The third kappa shape index (κ3) is 8.81. The van der Waals surface area contributed by atoms with Gasteiger partial charge >= 0.3 is 0 Å². The van der Waals surface area contributed by atoms with Crippen molar-refractivity contribution in [3.8, 4) is 0 Å². The van der Waals surface area contributed by atoms with Crippen LogP contribution in [0.25, 0.3) is 0 Å². The van der Waals surface area contributed by atoms with Gasteiger partial charge in [0.1, 0.15) is 0 Å². The SMILES string of the molecule is CCCCCC(O)CN(CCO)CCO. The van der Waals surface area contributed by atoms with Gasteiger partial charge in [0, 0.05) is 19.6 Å². The summed E-state index contributed by atoms with van der Waals surface area (Å²) in [6.45, 7) is 3.86. The maximum absolute atomic E-state index is 9.69. The van der Waals surface area contributed by atoms with E-state index >= 15 is 0 Å². The second-order valence-corrected chi connectivity index (χ2v) is 3.90. The second kappa shape index (κ2) is 10.4. The van der Waals surface area contributed by atoms with Crippen molar-refractivity contribution in [1.29, 1.82) is 0 Å². The Labute approximate surface area is 92.5 Å². The van der Waals surface area contributed by atoms with Gasteiger partial charge in [-0.2, -0.15) is 0 Å². The van der Waals surface area contributed by atoms with E-state index in [0.29, 0.717) is 19.6 Å². The van der Waals surface area contributed by atoms with Gasteiger partial charge in [-0.05, 0) is 6.42 Å². The van der Waals surface area contributed by atoms with Gasteiger partial charge in [0.2, 0.25) is 0 Å². The van der Waals surface area contributed by atoms with Crippen molar-refractivity contribution in [2.75, 3.05) is 32.8 Å². The van der Waals surface area contributed by atoms with Crippen LogP contribution in [-0.2, 0) is 0 Å². The lowest BCUT2D eigenvalue weighted by Crippen LogP contribution is -2.36. The van der Waals surface area contributed by atoms with Crippen LogP contribution in [0.15, 0.2) is 0 Å². The molecule has 0 heterocycles. The molecule has 4 nitrogen and oxygen atoms in total. The van der Waals surface area contributed by atoms with Crippen molar-refractivity contribution in [2.24, 2.45) is 0 Å². The van der Waals surface area contributed by atoms with Gasteiger partial charge in [-0.3, -0.25) is 4.90 Å². The minimum absolute atomic E-state index is 0.0711. The fourth-order valence-corrected chi connectivity index (χ4v) is 1.60. The lowest BCUT2D eigenvalue weighted by molar-refractivity contribution is 0.0810. The molecule has 1 atom stereocenters. The van der Waals surface area contributed by atoms with Crippen molar-refractivity contribution < 1.29 is 15.3 Å². The Balaban J connectivity index is 3.62. The molecule has 92 valence electrons. The van der Waals surface area contributed by atoms with Crippen LogP contribution in [-0.4, -0.2) is 59.2 Å². The Kier molecular flexibility index (Phi) is 10.3. The van der Waals surface area contributed by atoms with Gasteiger partial charge in [0.25, 0.3) is 0 Å². The summed E-state index contributed by atoms with van der Waals surface area (Å²) in [5.41, 5.74) is 0. The molecule has 0 radical (unpaired) electrons. The molecule has 0 saturated heterocycles. The van der Waals surface area contributed by atoms with E-state index in [2.05, 4.69) is 6.92 Å². The zero-order valence-corrected chi connectivity index (χ0v) is 9.73. The van der Waals surface area contributed by atoms with Crippen molar-refractivity contribution >= 4 is 0 Å². The highest BCUT2D eigenvalue weighted by Crippen LogP contribution is 2.04. The molecule has 4 heteroatoms. The second-order valence-electron chi connectivity index (χ2n) is 3.90. The maximum Gasteiger partial charge on any atom is 0.0667 e. The third-order valence-electron chi connectivity index (χ3n) is 2.44. The molecule has 0 aromatic heterocycles. The van der Waals surface area contributed by atoms with E-state index in [4.69, 9.17) is 10.2 Å². The maximum atomic E-state index is 9.69. The van der Waals surface area contributed by atoms with Crippen LogP contribution in [0.1, 0.15) is 32.6 Å². The van der Waals surface area contributed by atoms with Gasteiger partial charge in [-0.25, -0.2) is 0 Å². The van der Waals surface area contributed by atoms with Crippen LogP contribution in [0, 0.1) is 0 Å². The minimum atomic E-state index is -0.338. The third-order valence-corrected chi connectivity index (χ3v) is 2.44. The zero-order valence-electron chi connectivity index (χ0n) is 9.73. The Morgan fingerprint density at radius 2 is 1.67 bits per heavy atom. The number of unbranched alkanes of at least 4 members (excludes halogenated alkanes) is 2. The minimum Gasteiger partial charge on any atom is -0.395 e. The lowest BCUT2D eigenvalue weighted by atomic mass is 10.1. The molecule has 0 aliphatic carbocycles. The quantitative estimate of drug-likeness (QED) is 0.460. The zero-order chi connectivity index (χ0) is 11.5. The summed E-state index contributed by atoms with van der Waals surface area (Å²) < 4.78 is 0. The van der Waals surface area contributed by atoms with E-state index in [1.807, 2.05) is 4.90 Å². The molecule has 0 aliphatic heterocycles. The summed E-state index contributed by atoms with van der Waals surface area (Å²) in [7, 11) is 0. The molecule has 0 aromatic rings. The molecular formula is C11H25NO3. The molecule has 15 heavy (non-hydrogen) atoms. The van der Waals surface area contributed by atoms with Crippen LogP contribution in [0.2, 0.25) is 0 Å². The molecule has 0 amide bonds. The first-order valence-electron chi connectivity index (χ1n) is 5.86. The molecule has 0 aliphatic rings. The fourth-order valence-electron chi connectivity index (χ4n) is 1.60.